The molecule has 1 saturated carbocycles. The molecule has 0 radical (unpaired) electrons. The number of nitrogens with zero attached hydrogens (tertiary/aromatic N) is 2. The number of halogens is 1. The zero-order valence-corrected chi connectivity index (χ0v) is 14.3. The van der Waals surface area contributed by atoms with Crippen LogP contribution in [0.2, 0.25) is 0 Å². The van der Waals surface area contributed by atoms with Crippen LogP contribution in [-0.2, 0) is 9.84 Å². The van der Waals surface area contributed by atoms with E-state index in [0.29, 0.717) is 16.7 Å². The van der Waals surface area contributed by atoms with Crippen LogP contribution in [0, 0.1) is 5.82 Å². The van der Waals surface area contributed by atoms with Crippen molar-refractivity contribution in [1.29, 1.82) is 0 Å². The number of benzene rings is 2. The minimum atomic E-state index is -3.31. The van der Waals surface area contributed by atoms with Gasteiger partial charge in [-0.25, -0.2) is 22.8 Å². The molecule has 0 saturated heterocycles. The highest BCUT2D eigenvalue weighted by atomic mass is 32.2. The van der Waals surface area contributed by atoms with Crippen molar-refractivity contribution in [1.82, 2.24) is 9.97 Å². The Labute approximate surface area is 144 Å². The molecule has 0 bridgehead atoms. The molecular formula is C18H16FN3O2S. The average Bonchev–Trinajstić information content (AvgIpc) is 3.33. The highest BCUT2D eigenvalue weighted by Gasteiger charge is 2.39. The van der Waals surface area contributed by atoms with Gasteiger partial charge in [-0.2, -0.15) is 0 Å². The zero-order chi connectivity index (χ0) is 17.6. The lowest BCUT2D eigenvalue weighted by Crippen LogP contribution is -2.07. The van der Waals surface area contributed by atoms with Gasteiger partial charge in [-0.15, -0.1) is 0 Å². The number of rotatable bonds is 4. The van der Waals surface area contributed by atoms with Gasteiger partial charge in [-0.05, 0) is 42.3 Å². The first-order chi connectivity index (χ1) is 11.9. The number of nitrogens with one attached hydrogen (secondary N) is 1. The van der Waals surface area contributed by atoms with Gasteiger partial charge in [0.05, 0.1) is 10.4 Å². The quantitative estimate of drug-likeness (QED) is 0.777. The summed E-state index contributed by atoms with van der Waals surface area (Å²) in [5, 5.41) is 4.00. The SMILES string of the molecule is CS(=O)(=O)c1ccc2ncnc(N[C@@H]3C[C@H]3c3cccc(F)c3)c2c1. The molecule has 1 aliphatic carbocycles. The molecule has 0 aliphatic heterocycles. The Balaban J connectivity index is 1.64. The van der Waals surface area contributed by atoms with Crippen molar-refractivity contribution in [3.63, 3.8) is 0 Å². The fourth-order valence-electron chi connectivity index (χ4n) is 3.02. The van der Waals surface area contributed by atoms with Crippen LogP contribution in [0.4, 0.5) is 10.2 Å². The molecule has 0 spiro atoms. The summed E-state index contributed by atoms with van der Waals surface area (Å²) in [5.74, 6) is 0.576. The molecule has 1 heterocycles. The second-order valence-electron chi connectivity index (χ2n) is 6.32. The van der Waals surface area contributed by atoms with Crippen LogP contribution in [-0.4, -0.2) is 30.7 Å². The van der Waals surface area contributed by atoms with Crippen LogP contribution in [0.3, 0.4) is 0 Å². The molecule has 25 heavy (non-hydrogen) atoms. The van der Waals surface area contributed by atoms with Gasteiger partial charge in [0, 0.05) is 23.6 Å². The largest absolute Gasteiger partial charge is 0.366 e. The predicted octanol–water partition coefficient (Wildman–Crippen LogP) is 3.14. The molecule has 3 aromatic rings. The van der Waals surface area contributed by atoms with E-state index >= 15 is 0 Å². The van der Waals surface area contributed by atoms with Crippen molar-refractivity contribution in [2.24, 2.45) is 0 Å². The normalized spacial score (nSPS) is 19.8. The summed E-state index contributed by atoms with van der Waals surface area (Å²) in [5.41, 5.74) is 1.63. The van der Waals surface area contributed by atoms with Crippen molar-refractivity contribution in [3.05, 3.63) is 60.2 Å². The van der Waals surface area contributed by atoms with E-state index in [1.807, 2.05) is 6.07 Å². The lowest BCUT2D eigenvalue weighted by Gasteiger charge is -2.09. The lowest BCUT2D eigenvalue weighted by atomic mass is 10.1. The van der Waals surface area contributed by atoms with E-state index in [9.17, 15) is 12.8 Å². The maximum atomic E-state index is 13.4. The Hall–Kier alpha value is -2.54. The molecule has 2 aromatic carbocycles. The molecule has 7 heteroatoms. The lowest BCUT2D eigenvalue weighted by molar-refractivity contribution is 0.602. The maximum Gasteiger partial charge on any atom is 0.175 e. The van der Waals surface area contributed by atoms with Gasteiger partial charge >= 0.3 is 0 Å². The van der Waals surface area contributed by atoms with Crippen molar-refractivity contribution >= 4 is 26.6 Å². The molecule has 128 valence electrons. The highest BCUT2D eigenvalue weighted by molar-refractivity contribution is 7.90. The first-order valence-corrected chi connectivity index (χ1v) is 9.78. The molecule has 2 atom stereocenters. The van der Waals surface area contributed by atoms with Crippen LogP contribution < -0.4 is 5.32 Å². The number of hydrogen-bond acceptors (Lipinski definition) is 5. The van der Waals surface area contributed by atoms with Crippen LogP contribution in [0.1, 0.15) is 17.9 Å². The van der Waals surface area contributed by atoms with Crippen molar-refractivity contribution in [2.75, 3.05) is 11.6 Å². The molecule has 0 unspecified atom stereocenters. The summed E-state index contributed by atoms with van der Waals surface area (Å²) in [7, 11) is -3.31. The fraction of sp³-hybridized carbons (Fsp3) is 0.222. The summed E-state index contributed by atoms with van der Waals surface area (Å²) in [4.78, 5) is 8.68. The third-order valence-electron chi connectivity index (χ3n) is 4.42. The summed E-state index contributed by atoms with van der Waals surface area (Å²) in [6, 6.07) is 11.5. The first-order valence-electron chi connectivity index (χ1n) is 7.88. The molecule has 1 fully saturated rings. The number of aromatic nitrogens is 2. The Kier molecular flexibility index (Phi) is 3.68. The summed E-state index contributed by atoms with van der Waals surface area (Å²) < 4.78 is 37.0. The second-order valence-corrected chi connectivity index (χ2v) is 8.34. The topological polar surface area (TPSA) is 72.0 Å². The third kappa shape index (κ3) is 3.19. The average molecular weight is 357 g/mol. The molecule has 1 aliphatic rings. The van der Waals surface area contributed by atoms with Gasteiger partial charge in [0.2, 0.25) is 0 Å². The van der Waals surface area contributed by atoms with Gasteiger partial charge < -0.3 is 5.32 Å². The number of fused-ring (bicyclic) bond motifs is 1. The van der Waals surface area contributed by atoms with E-state index in [1.165, 1.54) is 18.6 Å². The van der Waals surface area contributed by atoms with Crippen molar-refractivity contribution in [2.45, 2.75) is 23.3 Å². The zero-order valence-electron chi connectivity index (χ0n) is 13.5. The van der Waals surface area contributed by atoms with E-state index < -0.39 is 9.84 Å². The molecule has 0 amide bonds. The minimum absolute atomic E-state index is 0.141. The molecule has 4 rings (SSSR count). The van der Waals surface area contributed by atoms with E-state index in [-0.39, 0.29) is 22.7 Å². The van der Waals surface area contributed by atoms with Crippen LogP contribution in [0.15, 0.2) is 53.7 Å². The van der Waals surface area contributed by atoms with Crippen molar-refractivity contribution < 1.29 is 12.8 Å². The fourth-order valence-corrected chi connectivity index (χ4v) is 3.66. The molecular weight excluding hydrogens is 341 g/mol. The van der Waals surface area contributed by atoms with Gasteiger partial charge in [0.25, 0.3) is 0 Å². The second kappa shape index (κ2) is 5.77. The molecule has 1 aromatic heterocycles. The first kappa shape index (κ1) is 16.0. The Bertz CT molecular complexity index is 1070. The number of hydrogen-bond donors (Lipinski definition) is 1. The van der Waals surface area contributed by atoms with Crippen LogP contribution in [0.5, 0.6) is 0 Å². The van der Waals surface area contributed by atoms with Gasteiger partial charge in [0.15, 0.2) is 9.84 Å². The maximum absolute atomic E-state index is 13.4. The monoisotopic (exact) mass is 357 g/mol. The molecule has 5 nitrogen and oxygen atoms in total. The van der Waals surface area contributed by atoms with Crippen LogP contribution in [0.25, 0.3) is 10.9 Å². The summed E-state index contributed by atoms with van der Waals surface area (Å²) >= 11 is 0. The van der Waals surface area contributed by atoms with Crippen molar-refractivity contribution in [3.8, 4) is 0 Å². The van der Waals surface area contributed by atoms with Gasteiger partial charge in [-0.3, -0.25) is 0 Å². The Morgan fingerprint density at radius 3 is 2.76 bits per heavy atom. The Morgan fingerprint density at radius 2 is 2.00 bits per heavy atom. The van der Waals surface area contributed by atoms with Crippen LogP contribution >= 0.6 is 0 Å². The highest BCUT2D eigenvalue weighted by Crippen LogP contribution is 2.43. The predicted molar refractivity (Wildman–Crippen MR) is 93.8 cm³/mol. The van der Waals surface area contributed by atoms with E-state index in [1.54, 1.807) is 30.3 Å². The standard InChI is InChI=1S/C18H16FN3O2S/c1-25(23,24)13-5-6-16-15(8-13)18(21-10-20-16)22-17-9-14(17)11-3-2-4-12(19)7-11/h2-8,10,14,17H,9H2,1H3,(H,20,21,22)/t14-,17+/m0/s1. The summed E-state index contributed by atoms with van der Waals surface area (Å²) in [6.45, 7) is 0. The van der Waals surface area contributed by atoms with E-state index in [4.69, 9.17) is 0 Å². The number of anilines is 1. The smallest absolute Gasteiger partial charge is 0.175 e. The Morgan fingerprint density at radius 1 is 1.16 bits per heavy atom. The summed E-state index contributed by atoms with van der Waals surface area (Å²) in [6.07, 6.45) is 3.50. The minimum Gasteiger partial charge on any atom is -0.366 e. The van der Waals surface area contributed by atoms with Gasteiger partial charge in [-0.1, -0.05) is 12.1 Å². The number of sulfone groups is 1. The molecule has 1 N–H and O–H groups in total. The van der Waals surface area contributed by atoms with E-state index in [0.717, 1.165) is 12.0 Å². The van der Waals surface area contributed by atoms with Gasteiger partial charge in [0.1, 0.15) is 18.0 Å². The third-order valence-corrected chi connectivity index (χ3v) is 5.53. The van der Waals surface area contributed by atoms with E-state index in [2.05, 4.69) is 15.3 Å².